The Morgan fingerprint density at radius 1 is 0.789 bits per heavy atom. The minimum absolute atomic E-state index is 0.867. The Kier molecular flexibility index (Phi) is 3.70. The number of aromatic nitrogens is 1. The van der Waals surface area contributed by atoms with Gasteiger partial charge >= 0.3 is 0 Å². The fraction of sp³-hybridized carbons (Fsp3) is 0.118. The summed E-state index contributed by atoms with van der Waals surface area (Å²) in [7, 11) is 0. The molecule has 0 spiro atoms. The molecule has 2 heteroatoms. The van der Waals surface area contributed by atoms with Crippen molar-refractivity contribution < 1.29 is 0 Å². The van der Waals surface area contributed by atoms with E-state index < -0.39 is 0 Å². The van der Waals surface area contributed by atoms with Crippen LogP contribution in [0.2, 0.25) is 0 Å². The lowest BCUT2D eigenvalue weighted by atomic mass is 10.1. The number of nitrogens with zero attached hydrogens (tertiary/aromatic N) is 1. The van der Waals surface area contributed by atoms with Gasteiger partial charge in [0.2, 0.25) is 0 Å². The largest absolute Gasteiger partial charge is 0.245 e. The Hall–Kier alpha value is -1.93. The van der Waals surface area contributed by atoms with Crippen molar-refractivity contribution in [1.29, 1.82) is 0 Å². The lowest BCUT2D eigenvalue weighted by molar-refractivity contribution is 1.04. The van der Waals surface area contributed by atoms with E-state index in [2.05, 4.69) is 58.9 Å². The smallest absolute Gasteiger partial charge is 0.0979 e. The molecule has 0 aliphatic rings. The molecule has 3 rings (SSSR count). The van der Waals surface area contributed by atoms with Crippen molar-refractivity contribution in [2.75, 3.05) is 0 Å². The Morgan fingerprint density at radius 3 is 2.00 bits per heavy atom. The first-order valence-electron chi connectivity index (χ1n) is 6.34. The van der Waals surface area contributed by atoms with Crippen LogP contribution in [0.15, 0.2) is 60.7 Å². The molecule has 0 aliphatic carbocycles. The number of hydrogen-bond donors (Lipinski definition) is 0. The molecule has 1 heterocycles. The van der Waals surface area contributed by atoms with Crippen LogP contribution in [0.3, 0.4) is 0 Å². The van der Waals surface area contributed by atoms with Gasteiger partial charge in [0, 0.05) is 12.8 Å². The van der Waals surface area contributed by atoms with Crippen molar-refractivity contribution in [3.63, 3.8) is 0 Å². The van der Waals surface area contributed by atoms with Gasteiger partial charge in [-0.05, 0) is 11.1 Å². The average Bonchev–Trinajstić information content (AvgIpc) is 2.88. The highest BCUT2D eigenvalue weighted by Gasteiger charge is 2.04. The predicted octanol–water partition coefficient (Wildman–Crippen LogP) is 4.12. The van der Waals surface area contributed by atoms with E-state index in [0.717, 1.165) is 23.5 Å². The predicted molar refractivity (Wildman–Crippen MR) is 79.4 cm³/mol. The van der Waals surface area contributed by atoms with Gasteiger partial charge in [0.25, 0.3) is 0 Å². The molecule has 1 nitrogen and oxygen atoms in total. The van der Waals surface area contributed by atoms with Crippen LogP contribution in [0.5, 0.6) is 0 Å². The summed E-state index contributed by atoms with van der Waals surface area (Å²) in [6, 6.07) is 20.9. The van der Waals surface area contributed by atoms with Crippen LogP contribution in [-0.4, -0.2) is 4.98 Å². The molecule has 0 saturated carbocycles. The first kappa shape index (κ1) is 12.1. The van der Waals surface area contributed by atoms with E-state index in [0.29, 0.717) is 0 Å². The number of hydrogen-bond acceptors (Lipinski definition) is 2. The monoisotopic (exact) mass is 264 g/mol. The Morgan fingerprint density at radius 2 is 1.37 bits per heavy atom. The molecule has 0 fully saturated rings. The Balaban J connectivity index is 1.70. The molecular weight excluding hydrogens is 250 g/mol. The summed E-state index contributed by atoms with van der Waals surface area (Å²) in [5, 5.41) is 4.44. The lowest BCUT2D eigenvalue weighted by Crippen LogP contribution is -1.90. The third kappa shape index (κ3) is 3.30. The first-order chi connectivity index (χ1) is 9.40. The van der Waals surface area contributed by atoms with Gasteiger partial charge in [-0.25, -0.2) is 4.98 Å². The van der Waals surface area contributed by atoms with E-state index in [9.17, 15) is 0 Å². The van der Waals surface area contributed by atoms with E-state index in [1.54, 1.807) is 11.3 Å². The summed E-state index contributed by atoms with van der Waals surface area (Å²) < 4.78 is 0. The summed E-state index contributed by atoms with van der Waals surface area (Å²) in [6.07, 6.45) is 1.77. The van der Waals surface area contributed by atoms with Gasteiger partial charge in [-0.15, -0.1) is 11.3 Å². The lowest BCUT2D eigenvalue weighted by Gasteiger charge is -1.97. The van der Waals surface area contributed by atoms with Crippen LogP contribution < -0.4 is 0 Å². The van der Waals surface area contributed by atoms with Crippen LogP contribution in [0, 0.1) is 5.38 Å². The zero-order valence-electron chi connectivity index (χ0n) is 10.5. The maximum Gasteiger partial charge on any atom is 0.0979 e. The molecule has 1 aromatic heterocycles. The number of rotatable bonds is 4. The third-order valence-corrected chi connectivity index (χ3v) is 3.77. The molecule has 0 unspecified atom stereocenters. The minimum Gasteiger partial charge on any atom is -0.245 e. The topological polar surface area (TPSA) is 12.9 Å². The van der Waals surface area contributed by atoms with E-state index in [4.69, 9.17) is 0 Å². The van der Waals surface area contributed by atoms with Gasteiger partial charge in [-0.3, -0.25) is 0 Å². The fourth-order valence-electron chi connectivity index (χ4n) is 2.02. The molecular formula is C17H14NS. The molecule has 0 N–H and O–H groups in total. The van der Waals surface area contributed by atoms with Gasteiger partial charge < -0.3 is 0 Å². The highest BCUT2D eigenvalue weighted by Crippen LogP contribution is 2.16. The van der Waals surface area contributed by atoms with Gasteiger partial charge in [0.15, 0.2) is 0 Å². The van der Waals surface area contributed by atoms with Gasteiger partial charge in [0.05, 0.1) is 16.1 Å². The van der Waals surface area contributed by atoms with Crippen molar-refractivity contribution in [3.05, 3.63) is 87.9 Å². The molecule has 0 saturated heterocycles. The SMILES string of the molecule is [c]1sc(Cc2ccccc2)nc1Cc1ccccc1. The summed E-state index contributed by atoms with van der Waals surface area (Å²) in [5.41, 5.74) is 3.63. The molecule has 0 amide bonds. The van der Waals surface area contributed by atoms with Gasteiger partial charge in [0.1, 0.15) is 0 Å². The molecule has 93 valence electrons. The highest BCUT2D eigenvalue weighted by atomic mass is 32.1. The van der Waals surface area contributed by atoms with Crippen molar-refractivity contribution in [3.8, 4) is 0 Å². The van der Waals surface area contributed by atoms with Crippen LogP contribution in [0.4, 0.5) is 0 Å². The van der Waals surface area contributed by atoms with E-state index in [1.165, 1.54) is 11.1 Å². The van der Waals surface area contributed by atoms with E-state index in [-0.39, 0.29) is 0 Å². The molecule has 2 aromatic carbocycles. The zero-order chi connectivity index (χ0) is 12.9. The summed E-state index contributed by atoms with van der Waals surface area (Å²) in [6.45, 7) is 0. The van der Waals surface area contributed by atoms with Crippen LogP contribution in [0.1, 0.15) is 21.8 Å². The van der Waals surface area contributed by atoms with Gasteiger partial charge in [-0.1, -0.05) is 60.7 Å². The molecule has 1 radical (unpaired) electrons. The molecule has 0 atom stereocenters. The molecule has 3 aromatic rings. The third-order valence-electron chi connectivity index (χ3n) is 2.96. The molecule has 0 aliphatic heterocycles. The van der Waals surface area contributed by atoms with Crippen molar-refractivity contribution in [2.24, 2.45) is 0 Å². The number of thiazole rings is 1. The average molecular weight is 264 g/mol. The van der Waals surface area contributed by atoms with Crippen molar-refractivity contribution in [2.45, 2.75) is 12.8 Å². The second-order valence-electron chi connectivity index (χ2n) is 4.48. The van der Waals surface area contributed by atoms with Crippen LogP contribution in [0.25, 0.3) is 0 Å². The van der Waals surface area contributed by atoms with Crippen LogP contribution >= 0.6 is 11.3 Å². The normalized spacial score (nSPS) is 10.5. The quantitative estimate of drug-likeness (QED) is 0.690. The summed E-state index contributed by atoms with van der Waals surface area (Å²) in [4.78, 5) is 4.66. The van der Waals surface area contributed by atoms with Crippen LogP contribution in [-0.2, 0) is 12.8 Å². The second kappa shape index (κ2) is 5.81. The second-order valence-corrected chi connectivity index (χ2v) is 5.36. The zero-order valence-corrected chi connectivity index (χ0v) is 11.4. The summed E-state index contributed by atoms with van der Waals surface area (Å²) >= 11 is 1.63. The van der Waals surface area contributed by atoms with E-state index >= 15 is 0 Å². The first-order valence-corrected chi connectivity index (χ1v) is 7.16. The van der Waals surface area contributed by atoms with E-state index in [1.807, 2.05) is 12.1 Å². The van der Waals surface area contributed by atoms with Crippen molar-refractivity contribution in [1.82, 2.24) is 4.98 Å². The highest BCUT2D eigenvalue weighted by molar-refractivity contribution is 7.09. The summed E-state index contributed by atoms with van der Waals surface area (Å²) in [5.74, 6) is 0. The fourth-order valence-corrected chi connectivity index (χ4v) is 2.77. The molecule has 19 heavy (non-hydrogen) atoms. The molecule has 0 bridgehead atoms. The minimum atomic E-state index is 0.867. The Labute approximate surface area is 117 Å². The van der Waals surface area contributed by atoms with Gasteiger partial charge in [-0.2, -0.15) is 0 Å². The van der Waals surface area contributed by atoms with Crippen molar-refractivity contribution >= 4 is 11.3 Å². The Bertz CT molecular complexity index is 573. The standard InChI is InChI=1S/C17H14NS/c1-3-7-14(8-4-1)11-16-13-19-17(18-16)12-15-9-5-2-6-10-15/h1-10H,11-12H2. The number of benzene rings is 2. The maximum atomic E-state index is 4.66. The maximum absolute atomic E-state index is 4.66.